The zero-order valence-electron chi connectivity index (χ0n) is 15.1. The Morgan fingerprint density at radius 2 is 1.85 bits per heavy atom. The summed E-state index contributed by atoms with van der Waals surface area (Å²) in [5, 5.41) is 9.41. The number of aromatic nitrogens is 2. The normalized spacial score (nSPS) is 11.7. The molecule has 8 nitrogen and oxygen atoms in total. The van der Waals surface area contributed by atoms with Gasteiger partial charge in [-0.15, -0.1) is 0 Å². The zero-order chi connectivity index (χ0) is 19.3. The Morgan fingerprint density at radius 1 is 1.12 bits per heavy atom. The fourth-order valence-electron chi connectivity index (χ4n) is 2.26. The molecule has 138 valence electrons. The van der Waals surface area contributed by atoms with Gasteiger partial charge in [-0.05, 0) is 39.0 Å². The van der Waals surface area contributed by atoms with Crippen molar-refractivity contribution < 1.29 is 19.1 Å². The fourth-order valence-corrected chi connectivity index (χ4v) is 2.26. The van der Waals surface area contributed by atoms with Crippen LogP contribution < -0.4 is 10.6 Å². The molecule has 0 saturated carbocycles. The molecule has 1 heterocycles. The van der Waals surface area contributed by atoms with Crippen molar-refractivity contribution in [3.05, 3.63) is 42.1 Å². The Labute approximate surface area is 151 Å². The number of carbonyl (C=O) groups excluding carboxylic acids is 3. The molecule has 0 radical (unpaired) electrons. The monoisotopic (exact) mass is 358 g/mol. The van der Waals surface area contributed by atoms with Gasteiger partial charge in [0.2, 0.25) is 5.91 Å². The fraction of sp³-hybridized carbons (Fsp3) is 0.333. The van der Waals surface area contributed by atoms with E-state index in [1.165, 1.54) is 19.9 Å². The Bertz CT molecular complexity index is 813. The van der Waals surface area contributed by atoms with Gasteiger partial charge in [0.25, 0.3) is 5.91 Å². The molecule has 8 heteroatoms. The van der Waals surface area contributed by atoms with Crippen molar-refractivity contribution in [2.75, 3.05) is 10.6 Å². The number of hydrogen-bond donors (Lipinski definition) is 2. The topological polar surface area (TPSA) is 102 Å². The molecule has 0 aliphatic heterocycles. The van der Waals surface area contributed by atoms with Crippen LogP contribution in [0.5, 0.6) is 0 Å². The highest BCUT2D eigenvalue weighted by Gasteiger charge is 2.20. The van der Waals surface area contributed by atoms with E-state index in [9.17, 15) is 14.4 Å². The van der Waals surface area contributed by atoms with E-state index in [1.807, 2.05) is 13.8 Å². The molecule has 2 aromatic rings. The summed E-state index contributed by atoms with van der Waals surface area (Å²) in [6, 6.07) is 8.06. The number of amides is 2. The Morgan fingerprint density at radius 3 is 2.50 bits per heavy atom. The molecule has 0 aliphatic rings. The van der Waals surface area contributed by atoms with Crippen LogP contribution in [-0.4, -0.2) is 33.7 Å². The van der Waals surface area contributed by atoms with Crippen LogP contribution in [0.15, 0.2) is 36.5 Å². The van der Waals surface area contributed by atoms with E-state index in [0.29, 0.717) is 11.5 Å². The summed E-state index contributed by atoms with van der Waals surface area (Å²) >= 11 is 0. The molecule has 1 aromatic carbocycles. The standard InChI is InChI=1S/C18H22N4O4/c1-11(2)22-16(8-9-19-22)21-17(24)12(3)26-18(25)14-6-5-7-15(10-14)20-13(4)23/h5-12H,1-4H3,(H,20,23)(H,21,24)/t12-/m1/s1. The first-order chi connectivity index (χ1) is 12.3. The first-order valence-electron chi connectivity index (χ1n) is 8.21. The minimum atomic E-state index is -0.998. The summed E-state index contributed by atoms with van der Waals surface area (Å²) in [6.07, 6.45) is 0.585. The van der Waals surface area contributed by atoms with Gasteiger partial charge in [0.05, 0.1) is 11.8 Å². The SMILES string of the molecule is CC(=O)Nc1cccc(C(=O)O[C@H](C)C(=O)Nc2ccnn2C(C)C)c1. The molecule has 2 rings (SSSR count). The number of ether oxygens (including phenoxy) is 1. The summed E-state index contributed by atoms with van der Waals surface area (Å²) < 4.78 is 6.87. The summed E-state index contributed by atoms with van der Waals surface area (Å²) in [7, 11) is 0. The van der Waals surface area contributed by atoms with Gasteiger partial charge in [-0.1, -0.05) is 6.07 Å². The van der Waals surface area contributed by atoms with E-state index in [1.54, 1.807) is 35.1 Å². The molecule has 0 saturated heterocycles. The second-order valence-electron chi connectivity index (χ2n) is 6.05. The summed E-state index contributed by atoms with van der Waals surface area (Å²) in [5.41, 5.74) is 0.716. The lowest BCUT2D eigenvalue weighted by atomic mass is 10.2. The minimum absolute atomic E-state index is 0.0784. The maximum Gasteiger partial charge on any atom is 0.338 e. The molecule has 26 heavy (non-hydrogen) atoms. The number of anilines is 2. The Balaban J connectivity index is 2.01. The van der Waals surface area contributed by atoms with E-state index in [2.05, 4.69) is 15.7 Å². The molecule has 0 spiro atoms. The Kier molecular flexibility index (Phi) is 6.11. The average molecular weight is 358 g/mol. The maximum atomic E-state index is 12.3. The summed E-state index contributed by atoms with van der Waals surface area (Å²) in [4.78, 5) is 35.6. The number of carbonyl (C=O) groups is 3. The number of benzene rings is 1. The van der Waals surface area contributed by atoms with Crippen molar-refractivity contribution in [1.82, 2.24) is 9.78 Å². The van der Waals surface area contributed by atoms with Gasteiger partial charge in [0.1, 0.15) is 5.82 Å². The van der Waals surface area contributed by atoms with Crippen LogP contribution in [0.1, 0.15) is 44.1 Å². The molecule has 1 aromatic heterocycles. The van der Waals surface area contributed by atoms with Gasteiger partial charge >= 0.3 is 5.97 Å². The Hall–Kier alpha value is -3.16. The van der Waals surface area contributed by atoms with Crippen LogP contribution in [0.3, 0.4) is 0 Å². The van der Waals surface area contributed by atoms with E-state index < -0.39 is 18.0 Å². The molecular weight excluding hydrogens is 336 g/mol. The highest BCUT2D eigenvalue weighted by atomic mass is 16.5. The molecular formula is C18H22N4O4. The summed E-state index contributed by atoms with van der Waals surface area (Å²) in [6.45, 7) is 6.74. The number of nitrogens with zero attached hydrogens (tertiary/aromatic N) is 2. The van der Waals surface area contributed by atoms with Gasteiger partial charge in [-0.2, -0.15) is 5.10 Å². The van der Waals surface area contributed by atoms with Crippen molar-refractivity contribution in [2.45, 2.75) is 39.8 Å². The van der Waals surface area contributed by atoms with Gasteiger partial charge < -0.3 is 15.4 Å². The predicted molar refractivity (Wildman–Crippen MR) is 96.9 cm³/mol. The van der Waals surface area contributed by atoms with E-state index in [-0.39, 0.29) is 17.5 Å². The molecule has 2 N–H and O–H groups in total. The predicted octanol–water partition coefficient (Wildman–Crippen LogP) is 2.61. The second kappa shape index (κ2) is 8.28. The quantitative estimate of drug-likeness (QED) is 0.773. The van der Waals surface area contributed by atoms with Crippen molar-refractivity contribution in [3.8, 4) is 0 Å². The average Bonchev–Trinajstić information content (AvgIpc) is 3.02. The number of rotatable bonds is 6. The minimum Gasteiger partial charge on any atom is -0.449 e. The smallest absolute Gasteiger partial charge is 0.338 e. The van der Waals surface area contributed by atoms with Crippen LogP contribution >= 0.6 is 0 Å². The number of nitrogens with one attached hydrogen (secondary N) is 2. The van der Waals surface area contributed by atoms with Gasteiger partial charge in [-0.3, -0.25) is 9.59 Å². The van der Waals surface area contributed by atoms with Crippen molar-refractivity contribution in [3.63, 3.8) is 0 Å². The van der Waals surface area contributed by atoms with Gasteiger partial charge in [0.15, 0.2) is 6.10 Å². The second-order valence-corrected chi connectivity index (χ2v) is 6.05. The third kappa shape index (κ3) is 4.92. The highest BCUT2D eigenvalue weighted by molar-refractivity contribution is 5.98. The summed E-state index contributed by atoms with van der Waals surface area (Å²) in [5.74, 6) is -0.832. The van der Waals surface area contributed by atoms with Crippen LogP contribution in [0.4, 0.5) is 11.5 Å². The lowest BCUT2D eigenvalue weighted by Gasteiger charge is -2.16. The third-order valence-electron chi connectivity index (χ3n) is 3.48. The van der Waals surface area contributed by atoms with Crippen molar-refractivity contribution >= 4 is 29.3 Å². The molecule has 0 unspecified atom stereocenters. The van der Waals surface area contributed by atoms with Crippen LogP contribution in [-0.2, 0) is 14.3 Å². The number of hydrogen-bond acceptors (Lipinski definition) is 5. The van der Waals surface area contributed by atoms with E-state index >= 15 is 0 Å². The number of esters is 1. The molecule has 0 aliphatic carbocycles. The molecule has 2 amide bonds. The van der Waals surface area contributed by atoms with E-state index in [4.69, 9.17) is 4.74 Å². The molecule has 0 fully saturated rings. The largest absolute Gasteiger partial charge is 0.449 e. The third-order valence-corrected chi connectivity index (χ3v) is 3.48. The van der Waals surface area contributed by atoms with Gasteiger partial charge in [-0.25, -0.2) is 9.48 Å². The molecule has 0 bridgehead atoms. The van der Waals surface area contributed by atoms with Crippen molar-refractivity contribution in [1.29, 1.82) is 0 Å². The lowest BCUT2D eigenvalue weighted by molar-refractivity contribution is -0.123. The van der Waals surface area contributed by atoms with Gasteiger partial charge in [0, 0.05) is 24.7 Å². The lowest BCUT2D eigenvalue weighted by Crippen LogP contribution is -2.31. The van der Waals surface area contributed by atoms with Crippen LogP contribution in [0.25, 0.3) is 0 Å². The highest BCUT2D eigenvalue weighted by Crippen LogP contribution is 2.15. The first-order valence-corrected chi connectivity index (χ1v) is 8.21. The zero-order valence-corrected chi connectivity index (χ0v) is 15.1. The maximum absolute atomic E-state index is 12.3. The molecule has 1 atom stereocenters. The van der Waals surface area contributed by atoms with Crippen LogP contribution in [0.2, 0.25) is 0 Å². The van der Waals surface area contributed by atoms with Crippen molar-refractivity contribution in [2.24, 2.45) is 0 Å². The van der Waals surface area contributed by atoms with E-state index in [0.717, 1.165) is 0 Å². The van der Waals surface area contributed by atoms with Crippen LogP contribution in [0, 0.1) is 0 Å². The first kappa shape index (κ1) is 19.2.